The van der Waals surface area contributed by atoms with Gasteiger partial charge in [0.15, 0.2) is 10.5 Å². The maximum atomic E-state index is 12.6. The van der Waals surface area contributed by atoms with Crippen LogP contribution in [0.15, 0.2) is 52.2 Å². The van der Waals surface area contributed by atoms with Crippen molar-refractivity contribution in [2.45, 2.75) is 24.8 Å². The average molecular weight is 425 g/mol. The number of hydroxylamine groups is 2. The normalized spacial score (nSPS) is 18.9. The molecule has 3 rings (SSSR count). The molecule has 2 aromatic rings. The van der Waals surface area contributed by atoms with Crippen molar-refractivity contribution in [1.82, 2.24) is 10.1 Å². The Kier molecular flexibility index (Phi) is 5.75. The van der Waals surface area contributed by atoms with Crippen molar-refractivity contribution >= 4 is 57.8 Å². The number of halogens is 1. The van der Waals surface area contributed by atoms with Crippen molar-refractivity contribution in [3.8, 4) is 0 Å². The number of hydrogen-bond donors (Lipinski definition) is 2. The van der Waals surface area contributed by atoms with Crippen LogP contribution in [0.1, 0.15) is 19.6 Å². The number of nitrogens with one attached hydrogen (secondary N) is 1. The number of nitrogens with zero attached hydrogens (tertiary/aromatic N) is 3. The minimum absolute atomic E-state index is 0.433. The molecule has 0 bridgehead atoms. The van der Waals surface area contributed by atoms with Gasteiger partial charge < -0.3 is 9.73 Å². The number of amides is 2. The first-order valence-electron chi connectivity index (χ1n) is 7.92. The number of anilines is 1. The van der Waals surface area contributed by atoms with Gasteiger partial charge in [-0.3, -0.25) is 5.21 Å². The Morgan fingerprint density at radius 2 is 2.26 bits per heavy atom. The summed E-state index contributed by atoms with van der Waals surface area (Å²) in [6, 6.07) is 9.38. The molecule has 1 aromatic carbocycles. The summed E-state index contributed by atoms with van der Waals surface area (Å²) >= 11 is 12.6. The molecule has 1 aliphatic rings. The summed E-state index contributed by atoms with van der Waals surface area (Å²) in [4.78, 5) is 12.6. The van der Waals surface area contributed by atoms with Crippen LogP contribution in [0.3, 0.4) is 0 Å². The summed E-state index contributed by atoms with van der Waals surface area (Å²) in [6.07, 6.45) is 2.18. The number of urea groups is 1. The van der Waals surface area contributed by atoms with Crippen LogP contribution < -0.4 is 5.32 Å². The predicted octanol–water partition coefficient (Wildman–Crippen LogP) is 4.63. The van der Waals surface area contributed by atoms with Gasteiger partial charge in [-0.25, -0.2) is 9.80 Å². The maximum Gasteiger partial charge on any atom is 0.347 e. The van der Waals surface area contributed by atoms with E-state index in [-0.39, 0.29) is 0 Å². The molecule has 2 amide bonds. The van der Waals surface area contributed by atoms with Crippen LogP contribution in [0.4, 0.5) is 10.5 Å². The van der Waals surface area contributed by atoms with E-state index in [2.05, 4.69) is 10.4 Å². The van der Waals surface area contributed by atoms with Gasteiger partial charge in [-0.2, -0.15) is 10.2 Å². The number of furan rings is 1. The standard InChI is InChI=1S/C17H17ClN4O3S2/c1-17(2)14(21(16(26)27-17)19-10-13-7-4-8-25-13)22(24)15(23)20-12-6-3-5-11(18)9-12/h3-10,14,24H,1-2H3,(H,20,23)/b19-10-/t14-/m1/s1. The van der Waals surface area contributed by atoms with Crippen molar-refractivity contribution in [2.75, 3.05) is 5.32 Å². The molecule has 2 N–H and O–H groups in total. The average Bonchev–Trinajstić information content (AvgIpc) is 3.17. The molecule has 1 atom stereocenters. The zero-order chi connectivity index (χ0) is 19.6. The van der Waals surface area contributed by atoms with Gasteiger partial charge in [-0.05, 0) is 44.2 Å². The molecule has 0 aliphatic carbocycles. The Labute approximate surface area is 170 Å². The van der Waals surface area contributed by atoms with E-state index >= 15 is 0 Å². The molecule has 0 unspecified atom stereocenters. The first-order valence-corrected chi connectivity index (χ1v) is 9.52. The van der Waals surface area contributed by atoms with Crippen molar-refractivity contribution in [2.24, 2.45) is 5.10 Å². The molecular formula is C17H17ClN4O3S2. The van der Waals surface area contributed by atoms with Gasteiger partial charge in [0.1, 0.15) is 5.76 Å². The Hall–Kier alpha value is -2.07. The highest BCUT2D eigenvalue weighted by molar-refractivity contribution is 8.24. The first kappa shape index (κ1) is 19.7. The molecular weight excluding hydrogens is 408 g/mol. The Balaban J connectivity index is 1.81. The molecule has 2 heterocycles. The van der Waals surface area contributed by atoms with E-state index in [1.807, 2.05) is 13.8 Å². The van der Waals surface area contributed by atoms with Crippen LogP contribution in [0, 0.1) is 0 Å². The van der Waals surface area contributed by atoms with Gasteiger partial charge in [0.05, 0.1) is 17.2 Å². The van der Waals surface area contributed by atoms with Gasteiger partial charge >= 0.3 is 6.03 Å². The van der Waals surface area contributed by atoms with Crippen molar-refractivity contribution in [3.05, 3.63) is 53.4 Å². The summed E-state index contributed by atoms with van der Waals surface area (Å²) in [7, 11) is 0. The van der Waals surface area contributed by atoms with Gasteiger partial charge in [-0.1, -0.05) is 41.6 Å². The zero-order valence-electron chi connectivity index (χ0n) is 14.5. The highest BCUT2D eigenvalue weighted by Crippen LogP contribution is 2.42. The second-order valence-corrected chi connectivity index (χ2v) is 8.96. The third kappa shape index (κ3) is 4.44. The van der Waals surface area contributed by atoms with Crippen LogP contribution in [0.2, 0.25) is 5.02 Å². The summed E-state index contributed by atoms with van der Waals surface area (Å²) in [5.74, 6) is 0.527. The predicted molar refractivity (Wildman–Crippen MR) is 110 cm³/mol. The quantitative estimate of drug-likeness (QED) is 0.322. The smallest absolute Gasteiger partial charge is 0.347 e. The topological polar surface area (TPSA) is 81.3 Å². The third-order valence-corrected chi connectivity index (χ3v) is 5.53. The zero-order valence-corrected chi connectivity index (χ0v) is 16.9. The lowest BCUT2D eigenvalue weighted by Gasteiger charge is -2.34. The molecule has 1 fully saturated rings. The van der Waals surface area contributed by atoms with Crippen LogP contribution in [0.5, 0.6) is 0 Å². The Morgan fingerprint density at radius 1 is 1.48 bits per heavy atom. The number of thiocarbonyl (C=S) groups is 1. The second-order valence-electron chi connectivity index (χ2n) is 6.23. The van der Waals surface area contributed by atoms with Crippen LogP contribution in [-0.4, -0.2) is 42.8 Å². The summed E-state index contributed by atoms with van der Waals surface area (Å²) < 4.78 is 5.05. The number of carbonyl (C=O) groups is 1. The molecule has 7 nitrogen and oxygen atoms in total. The summed E-state index contributed by atoms with van der Waals surface area (Å²) in [5.41, 5.74) is 0.461. The maximum absolute atomic E-state index is 12.6. The van der Waals surface area contributed by atoms with Crippen LogP contribution in [-0.2, 0) is 0 Å². The lowest BCUT2D eigenvalue weighted by Crippen LogP contribution is -2.54. The van der Waals surface area contributed by atoms with Gasteiger partial charge in [-0.15, -0.1) is 0 Å². The first-order chi connectivity index (χ1) is 12.8. The fourth-order valence-corrected chi connectivity index (χ4v) is 4.55. The van der Waals surface area contributed by atoms with E-state index in [0.29, 0.717) is 25.9 Å². The van der Waals surface area contributed by atoms with E-state index in [1.54, 1.807) is 36.4 Å². The lowest BCUT2D eigenvalue weighted by atomic mass is 10.1. The fourth-order valence-electron chi connectivity index (χ4n) is 2.57. The van der Waals surface area contributed by atoms with E-state index in [1.165, 1.54) is 29.2 Å². The van der Waals surface area contributed by atoms with Gasteiger partial charge in [0.25, 0.3) is 0 Å². The fraction of sp³-hybridized carbons (Fsp3) is 0.235. The molecule has 0 saturated carbocycles. The SMILES string of the molecule is CC1(C)SC(=S)N(/N=C\c2ccco2)[C@@H]1N(O)C(=O)Nc1cccc(Cl)c1. The number of rotatable bonds is 4. The Bertz CT molecular complexity index is 873. The minimum Gasteiger partial charge on any atom is -0.463 e. The largest absolute Gasteiger partial charge is 0.463 e. The molecule has 0 spiro atoms. The van der Waals surface area contributed by atoms with Gasteiger partial charge in [0.2, 0.25) is 0 Å². The van der Waals surface area contributed by atoms with Crippen molar-refractivity contribution in [1.29, 1.82) is 0 Å². The highest BCUT2D eigenvalue weighted by Gasteiger charge is 2.50. The van der Waals surface area contributed by atoms with Crippen molar-refractivity contribution < 1.29 is 14.4 Å². The van der Waals surface area contributed by atoms with E-state index < -0.39 is 16.9 Å². The molecule has 142 valence electrons. The number of thioether (sulfide) groups is 1. The molecule has 0 radical (unpaired) electrons. The number of carbonyl (C=O) groups excluding carboxylic acids is 1. The molecule has 10 heteroatoms. The van der Waals surface area contributed by atoms with Gasteiger partial charge in [0, 0.05) is 10.7 Å². The molecule has 27 heavy (non-hydrogen) atoms. The van der Waals surface area contributed by atoms with Crippen molar-refractivity contribution in [3.63, 3.8) is 0 Å². The van der Waals surface area contributed by atoms with E-state index in [0.717, 1.165) is 0 Å². The van der Waals surface area contributed by atoms with E-state index in [9.17, 15) is 10.0 Å². The third-order valence-electron chi connectivity index (χ3n) is 3.76. The molecule has 1 aromatic heterocycles. The molecule has 1 aliphatic heterocycles. The highest BCUT2D eigenvalue weighted by atomic mass is 35.5. The lowest BCUT2D eigenvalue weighted by molar-refractivity contribution is -0.114. The second kappa shape index (κ2) is 7.89. The van der Waals surface area contributed by atoms with E-state index in [4.69, 9.17) is 28.2 Å². The Morgan fingerprint density at radius 3 is 2.93 bits per heavy atom. The number of benzene rings is 1. The summed E-state index contributed by atoms with van der Waals surface area (Å²) in [6.45, 7) is 3.74. The number of hydrogen-bond acceptors (Lipinski definition) is 6. The molecule has 1 saturated heterocycles. The number of hydrazone groups is 1. The minimum atomic E-state index is -0.819. The monoisotopic (exact) mass is 424 g/mol. The van der Waals surface area contributed by atoms with Crippen LogP contribution in [0.25, 0.3) is 0 Å². The summed E-state index contributed by atoms with van der Waals surface area (Å²) in [5, 5.41) is 20.0. The van der Waals surface area contributed by atoms with Crippen LogP contribution >= 0.6 is 35.6 Å².